The van der Waals surface area contributed by atoms with Crippen LogP contribution in [-0.2, 0) is 0 Å². The zero-order valence-electron chi connectivity index (χ0n) is 8.82. The summed E-state index contributed by atoms with van der Waals surface area (Å²) >= 11 is 0. The predicted octanol–water partition coefficient (Wildman–Crippen LogP) is -0.0809. The lowest BCUT2D eigenvalue weighted by molar-refractivity contribution is 0.841. The van der Waals surface area contributed by atoms with Gasteiger partial charge in [-0.3, -0.25) is 0 Å². The van der Waals surface area contributed by atoms with Gasteiger partial charge < -0.3 is 9.96 Å². The minimum absolute atomic E-state index is 0.0460. The molecule has 0 saturated heterocycles. The normalized spacial score (nSPS) is 15.2. The number of hydrogen-bond acceptors (Lipinski definition) is 2. The van der Waals surface area contributed by atoms with Crippen LogP contribution in [-0.4, -0.2) is 32.5 Å². The van der Waals surface area contributed by atoms with Gasteiger partial charge in [0, 0.05) is 0 Å². The maximum Gasteiger partial charge on any atom is 0.0925 e. The Morgan fingerprint density at radius 3 is 1.75 bits per heavy atom. The van der Waals surface area contributed by atoms with Gasteiger partial charge >= 0.3 is 0 Å². The summed E-state index contributed by atoms with van der Waals surface area (Å²) in [5.41, 5.74) is 0. The van der Waals surface area contributed by atoms with Gasteiger partial charge in [-0.05, 0) is 31.1 Å². The smallest absolute Gasteiger partial charge is 0.0925 e. The van der Waals surface area contributed by atoms with Crippen LogP contribution in [0.2, 0.25) is 5.16 Å². The van der Waals surface area contributed by atoms with E-state index in [1.807, 2.05) is 0 Å². The molecule has 0 aliphatic rings. The molecule has 0 heterocycles. The van der Waals surface area contributed by atoms with E-state index >= 15 is 0 Å². The zero-order chi connectivity index (χ0) is 9.23. The molecule has 74 valence electrons. The third-order valence-electron chi connectivity index (χ3n) is 1.84. The Labute approximate surface area is 81.7 Å². The van der Waals surface area contributed by atoms with E-state index < -0.39 is 0 Å². The van der Waals surface area contributed by atoms with Gasteiger partial charge in [0.05, 0.1) is 19.4 Å². The van der Waals surface area contributed by atoms with Crippen LogP contribution in [0.3, 0.4) is 0 Å². The standard InChI is InChI=1S/C8H24N2Si2/c1-4-6-9-11-8(3)12-10-7-5-2/h8-10H,4-7,11-12H2,1-3H3. The Balaban J connectivity index is 3.04. The SMILES string of the molecule is CCCN[SiH2]C(C)[SiH2]NCCC. The summed E-state index contributed by atoms with van der Waals surface area (Å²) in [5.74, 6) is 0. The highest BCUT2D eigenvalue weighted by atomic mass is 28.3. The van der Waals surface area contributed by atoms with Crippen molar-refractivity contribution >= 4 is 19.4 Å². The van der Waals surface area contributed by atoms with Crippen LogP contribution in [0.5, 0.6) is 0 Å². The second-order valence-corrected chi connectivity index (χ2v) is 9.27. The molecule has 0 aromatic heterocycles. The van der Waals surface area contributed by atoms with Crippen molar-refractivity contribution in [2.24, 2.45) is 0 Å². The molecular weight excluding hydrogens is 180 g/mol. The van der Waals surface area contributed by atoms with E-state index in [0.717, 1.165) is 5.16 Å². The molecule has 0 radical (unpaired) electrons. The van der Waals surface area contributed by atoms with Gasteiger partial charge in [-0.2, -0.15) is 0 Å². The van der Waals surface area contributed by atoms with Gasteiger partial charge in [0.15, 0.2) is 0 Å². The molecule has 0 atom stereocenters. The van der Waals surface area contributed by atoms with E-state index in [1.54, 1.807) is 0 Å². The van der Waals surface area contributed by atoms with E-state index in [2.05, 4.69) is 30.7 Å². The quantitative estimate of drug-likeness (QED) is 0.427. The molecular formula is C8H24N2Si2. The van der Waals surface area contributed by atoms with Crippen molar-refractivity contribution < 1.29 is 0 Å². The molecule has 0 aliphatic carbocycles. The predicted molar refractivity (Wildman–Crippen MR) is 63.1 cm³/mol. The third kappa shape index (κ3) is 8.45. The first-order valence-electron chi connectivity index (χ1n) is 5.22. The number of nitrogens with one attached hydrogen (secondary N) is 2. The van der Waals surface area contributed by atoms with Crippen LogP contribution in [0.1, 0.15) is 33.6 Å². The Morgan fingerprint density at radius 1 is 1.00 bits per heavy atom. The second-order valence-electron chi connectivity index (χ2n) is 3.51. The van der Waals surface area contributed by atoms with Gasteiger partial charge in [-0.15, -0.1) is 0 Å². The summed E-state index contributed by atoms with van der Waals surface area (Å²) in [7, 11) is 0.0919. The van der Waals surface area contributed by atoms with Crippen LogP contribution in [0.15, 0.2) is 0 Å². The van der Waals surface area contributed by atoms with Crippen molar-refractivity contribution in [3.8, 4) is 0 Å². The van der Waals surface area contributed by atoms with Gasteiger partial charge in [0.2, 0.25) is 0 Å². The largest absolute Gasteiger partial charge is 0.342 e. The molecule has 0 aromatic rings. The molecule has 0 saturated carbocycles. The average molecular weight is 204 g/mol. The summed E-state index contributed by atoms with van der Waals surface area (Å²) in [5, 5.41) is 1.03. The van der Waals surface area contributed by atoms with Crippen molar-refractivity contribution in [3.63, 3.8) is 0 Å². The summed E-state index contributed by atoms with van der Waals surface area (Å²) in [4.78, 5) is 7.19. The fraction of sp³-hybridized carbons (Fsp3) is 1.00. The Bertz CT molecular complexity index is 81.1. The summed E-state index contributed by atoms with van der Waals surface area (Å²) < 4.78 is 0. The van der Waals surface area contributed by atoms with Crippen molar-refractivity contribution in [1.82, 2.24) is 9.96 Å². The van der Waals surface area contributed by atoms with Gasteiger partial charge in [0.25, 0.3) is 0 Å². The summed E-state index contributed by atoms with van der Waals surface area (Å²) in [6, 6.07) is 0. The van der Waals surface area contributed by atoms with E-state index in [0.29, 0.717) is 0 Å². The first-order valence-corrected chi connectivity index (χ1v) is 8.27. The molecule has 12 heavy (non-hydrogen) atoms. The van der Waals surface area contributed by atoms with Crippen LogP contribution in [0.4, 0.5) is 0 Å². The fourth-order valence-corrected chi connectivity index (χ4v) is 5.03. The van der Waals surface area contributed by atoms with Crippen LogP contribution in [0.25, 0.3) is 0 Å². The van der Waals surface area contributed by atoms with Crippen molar-refractivity contribution in [2.45, 2.75) is 38.8 Å². The molecule has 0 spiro atoms. The van der Waals surface area contributed by atoms with E-state index in [-0.39, 0.29) is 19.4 Å². The first-order chi connectivity index (χ1) is 5.81. The average Bonchev–Trinajstić information content (AvgIpc) is 2.06. The molecule has 0 fully saturated rings. The van der Waals surface area contributed by atoms with Gasteiger partial charge in [-0.1, -0.05) is 20.8 Å². The molecule has 4 heteroatoms. The molecule has 2 nitrogen and oxygen atoms in total. The Kier molecular flexibility index (Phi) is 9.72. The second kappa shape index (κ2) is 9.44. The molecule has 0 amide bonds. The van der Waals surface area contributed by atoms with Crippen LogP contribution >= 0.6 is 0 Å². The van der Waals surface area contributed by atoms with Crippen molar-refractivity contribution in [2.75, 3.05) is 13.1 Å². The monoisotopic (exact) mass is 204 g/mol. The lowest BCUT2D eigenvalue weighted by Gasteiger charge is -2.10. The molecule has 0 rings (SSSR count). The third-order valence-corrected chi connectivity index (χ3v) is 6.25. The molecule has 0 aliphatic heterocycles. The van der Waals surface area contributed by atoms with Crippen LogP contribution < -0.4 is 9.96 Å². The zero-order valence-corrected chi connectivity index (χ0v) is 11.6. The first kappa shape index (κ1) is 12.4. The topological polar surface area (TPSA) is 24.1 Å². The molecule has 0 aromatic carbocycles. The minimum atomic E-state index is 0.0460. The lowest BCUT2D eigenvalue weighted by atomic mass is 10.5. The van der Waals surface area contributed by atoms with Crippen LogP contribution in [0, 0.1) is 0 Å². The van der Waals surface area contributed by atoms with E-state index in [9.17, 15) is 0 Å². The Morgan fingerprint density at radius 2 is 1.42 bits per heavy atom. The lowest BCUT2D eigenvalue weighted by Crippen LogP contribution is -2.32. The number of rotatable bonds is 8. The van der Waals surface area contributed by atoms with E-state index in [1.165, 1.54) is 25.9 Å². The molecule has 0 unspecified atom stereocenters. The highest BCUT2D eigenvalue weighted by molar-refractivity contribution is 6.55. The highest BCUT2D eigenvalue weighted by Gasteiger charge is 2.01. The van der Waals surface area contributed by atoms with Crippen molar-refractivity contribution in [1.29, 1.82) is 0 Å². The summed E-state index contributed by atoms with van der Waals surface area (Å²) in [6.45, 7) is 9.35. The maximum atomic E-state index is 3.60. The minimum Gasteiger partial charge on any atom is -0.342 e. The fourth-order valence-electron chi connectivity index (χ4n) is 1.12. The number of hydrogen-bond donors (Lipinski definition) is 2. The van der Waals surface area contributed by atoms with Gasteiger partial charge in [-0.25, -0.2) is 0 Å². The molecule has 0 bridgehead atoms. The highest BCUT2D eigenvalue weighted by Crippen LogP contribution is 1.92. The maximum absolute atomic E-state index is 3.60. The van der Waals surface area contributed by atoms with Gasteiger partial charge in [0.1, 0.15) is 0 Å². The van der Waals surface area contributed by atoms with E-state index in [4.69, 9.17) is 0 Å². The molecule has 2 N–H and O–H groups in total. The van der Waals surface area contributed by atoms with Crippen molar-refractivity contribution in [3.05, 3.63) is 0 Å². The summed E-state index contributed by atoms with van der Waals surface area (Å²) in [6.07, 6.45) is 2.56. The Hall–Kier alpha value is 0.354.